The number of rotatable bonds is 3. The minimum atomic E-state index is -1.11. The maximum absolute atomic E-state index is 13.2. The van der Waals surface area contributed by atoms with E-state index in [0.717, 1.165) is 0 Å². The van der Waals surface area contributed by atoms with Gasteiger partial charge in [-0.1, -0.05) is 6.07 Å². The van der Waals surface area contributed by atoms with Gasteiger partial charge in [0.1, 0.15) is 12.0 Å². The van der Waals surface area contributed by atoms with Gasteiger partial charge in [-0.05, 0) is 46.6 Å². The van der Waals surface area contributed by atoms with Crippen molar-refractivity contribution in [3.05, 3.63) is 34.1 Å². The summed E-state index contributed by atoms with van der Waals surface area (Å²) in [4.78, 5) is 0. The molecule has 0 heterocycles. The molecule has 0 saturated carbocycles. The summed E-state index contributed by atoms with van der Waals surface area (Å²) in [7, 11) is 0. The summed E-state index contributed by atoms with van der Waals surface area (Å²) in [5.74, 6) is -0.385. The van der Waals surface area contributed by atoms with Gasteiger partial charge in [-0.25, -0.2) is 8.78 Å². The quantitative estimate of drug-likeness (QED) is 0.876. The Morgan fingerprint density at radius 3 is 2.69 bits per heavy atom. The van der Waals surface area contributed by atoms with Crippen LogP contribution in [0.2, 0.25) is 0 Å². The van der Waals surface area contributed by atoms with E-state index >= 15 is 0 Å². The van der Waals surface area contributed by atoms with Crippen molar-refractivity contribution >= 4 is 15.9 Å². The topological polar surface area (TPSA) is 26.0 Å². The molecule has 1 aromatic rings. The third kappa shape index (κ3) is 2.74. The van der Waals surface area contributed by atoms with E-state index in [9.17, 15) is 8.78 Å². The molecular formula is C9H10BrF2N. The smallest absolute Gasteiger partial charge is 0.137 e. The highest BCUT2D eigenvalue weighted by atomic mass is 79.9. The van der Waals surface area contributed by atoms with Crippen LogP contribution < -0.4 is 5.73 Å². The zero-order valence-corrected chi connectivity index (χ0v) is 8.52. The molecule has 0 radical (unpaired) electrons. The molecule has 2 N–H and O–H groups in total. The van der Waals surface area contributed by atoms with Crippen LogP contribution in [0, 0.1) is 5.82 Å². The molecular weight excluding hydrogens is 240 g/mol. The fourth-order valence-corrected chi connectivity index (χ4v) is 1.42. The van der Waals surface area contributed by atoms with Crippen LogP contribution in [0.3, 0.4) is 0 Å². The van der Waals surface area contributed by atoms with Crippen molar-refractivity contribution in [3.8, 4) is 0 Å². The molecule has 1 aromatic carbocycles. The SMILES string of the molecule is NCCC(F)c1ccc(F)c(Br)c1. The molecule has 13 heavy (non-hydrogen) atoms. The summed E-state index contributed by atoms with van der Waals surface area (Å²) in [6.45, 7) is 0.288. The van der Waals surface area contributed by atoms with Gasteiger partial charge in [-0.2, -0.15) is 0 Å². The van der Waals surface area contributed by atoms with Gasteiger partial charge < -0.3 is 5.73 Å². The Hall–Kier alpha value is -0.480. The summed E-state index contributed by atoms with van der Waals surface area (Å²) < 4.78 is 26.3. The highest BCUT2D eigenvalue weighted by molar-refractivity contribution is 9.10. The first-order valence-electron chi connectivity index (χ1n) is 3.94. The Kier molecular flexibility index (Phi) is 3.81. The lowest BCUT2D eigenvalue weighted by atomic mass is 10.1. The first-order chi connectivity index (χ1) is 6.15. The van der Waals surface area contributed by atoms with Crippen LogP contribution in [0.5, 0.6) is 0 Å². The van der Waals surface area contributed by atoms with E-state index in [0.29, 0.717) is 5.56 Å². The molecule has 0 bridgehead atoms. The Labute approximate surface area is 84.1 Å². The van der Waals surface area contributed by atoms with Crippen molar-refractivity contribution in [1.82, 2.24) is 0 Å². The summed E-state index contributed by atoms with van der Waals surface area (Å²) in [6, 6.07) is 4.11. The molecule has 0 aromatic heterocycles. The zero-order valence-electron chi connectivity index (χ0n) is 6.93. The minimum absolute atomic E-state index is 0.262. The van der Waals surface area contributed by atoms with Crippen LogP contribution in [0.4, 0.5) is 8.78 Å². The van der Waals surface area contributed by atoms with Gasteiger partial charge >= 0.3 is 0 Å². The predicted octanol–water partition coefficient (Wildman–Crippen LogP) is 2.95. The molecule has 0 saturated heterocycles. The molecule has 4 heteroatoms. The lowest BCUT2D eigenvalue weighted by Crippen LogP contribution is -2.03. The van der Waals surface area contributed by atoms with E-state index in [1.807, 2.05) is 0 Å². The molecule has 0 amide bonds. The van der Waals surface area contributed by atoms with Crippen LogP contribution in [-0.2, 0) is 0 Å². The number of alkyl halides is 1. The van der Waals surface area contributed by atoms with Gasteiger partial charge in [0, 0.05) is 0 Å². The fraction of sp³-hybridized carbons (Fsp3) is 0.333. The van der Waals surface area contributed by atoms with Crippen molar-refractivity contribution in [2.45, 2.75) is 12.6 Å². The van der Waals surface area contributed by atoms with Crippen LogP contribution in [-0.4, -0.2) is 6.54 Å². The van der Waals surface area contributed by atoms with Gasteiger partial charge in [-0.3, -0.25) is 0 Å². The summed E-state index contributed by atoms with van der Waals surface area (Å²) in [6.07, 6.45) is -0.847. The number of nitrogens with two attached hydrogens (primary N) is 1. The average Bonchev–Trinajstić information content (AvgIpc) is 2.10. The number of benzene rings is 1. The lowest BCUT2D eigenvalue weighted by molar-refractivity contribution is 0.327. The maximum Gasteiger partial charge on any atom is 0.137 e. The average molecular weight is 250 g/mol. The molecule has 1 nitrogen and oxygen atoms in total. The van der Waals surface area contributed by atoms with Crippen molar-refractivity contribution in [1.29, 1.82) is 0 Å². The molecule has 1 rings (SSSR count). The van der Waals surface area contributed by atoms with E-state index < -0.39 is 6.17 Å². The normalized spacial score (nSPS) is 12.9. The third-order valence-electron chi connectivity index (χ3n) is 1.73. The van der Waals surface area contributed by atoms with Crippen LogP contribution in [0.25, 0.3) is 0 Å². The van der Waals surface area contributed by atoms with Crippen molar-refractivity contribution < 1.29 is 8.78 Å². The van der Waals surface area contributed by atoms with Gasteiger partial charge in [0.15, 0.2) is 0 Å². The van der Waals surface area contributed by atoms with Gasteiger partial charge in [0.2, 0.25) is 0 Å². The summed E-state index contributed by atoms with van der Waals surface area (Å²) >= 11 is 2.99. The molecule has 0 aliphatic heterocycles. The van der Waals surface area contributed by atoms with Crippen molar-refractivity contribution in [2.24, 2.45) is 5.73 Å². The fourth-order valence-electron chi connectivity index (χ4n) is 1.02. The van der Waals surface area contributed by atoms with E-state index in [1.54, 1.807) is 0 Å². The van der Waals surface area contributed by atoms with E-state index in [2.05, 4.69) is 15.9 Å². The number of halogens is 3. The molecule has 1 atom stereocenters. The Morgan fingerprint density at radius 2 is 2.15 bits per heavy atom. The van der Waals surface area contributed by atoms with Gasteiger partial charge in [0.05, 0.1) is 4.47 Å². The Balaban J connectivity index is 2.84. The second-order valence-electron chi connectivity index (χ2n) is 2.72. The van der Waals surface area contributed by atoms with Gasteiger partial charge in [0.25, 0.3) is 0 Å². The number of hydrogen-bond acceptors (Lipinski definition) is 1. The Bertz CT molecular complexity index is 291. The highest BCUT2D eigenvalue weighted by Gasteiger charge is 2.10. The van der Waals surface area contributed by atoms with Crippen molar-refractivity contribution in [2.75, 3.05) is 6.54 Å². The third-order valence-corrected chi connectivity index (χ3v) is 2.33. The first kappa shape index (κ1) is 10.6. The largest absolute Gasteiger partial charge is 0.330 e. The van der Waals surface area contributed by atoms with Gasteiger partial charge in [-0.15, -0.1) is 0 Å². The molecule has 0 spiro atoms. The second-order valence-corrected chi connectivity index (χ2v) is 3.57. The maximum atomic E-state index is 13.2. The molecule has 0 aliphatic rings. The van der Waals surface area contributed by atoms with E-state index in [4.69, 9.17) is 5.73 Å². The molecule has 72 valence electrons. The zero-order chi connectivity index (χ0) is 9.84. The lowest BCUT2D eigenvalue weighted by Gasteiger charge is -2.07. The highest BCUT2D eigenvalue weighted by Crippen LogP contribution is 2.25. The predicted molar refractivity (Wildman–Crippen MR) is 51.6 cm³/mol. The van der Waals surface area contributed by atoms with Crippen LogP contribution in [0.15, 0.2) is 22.7 Å². The second kappa shape index (κ2) is 4.67. The van der Waals surface area contributed by atoms with E-state index in [1.165, 1.54) is 18.2 Å². The van der Waals surface area contributed by atoms with Crippen LogP contribution >= 0.6 is 15.9 Å². The molecule has 0 aliphatic carbocycles. The molecule has 1 unspecified atom stereocenters. The summed E-state index contributed by atoms with van der Waals surface area (Å²) in [5.41, 5.74) is 5.67. The van der Waals surface area contributed by atoms with E-state index in [-0.39, 0.29) is 23.3 Å². The molecule has 0 fully saturated rings. The summed E-state index contributed by atoms with van der Waals surface area (Å²) in [5, 5.41) is 0. The standard InChI is InChI=1S/C9H10BrF2N/c10-7-5-6(1-2-9(7)12)8(11)3-4-13/h1-2,5,8H,3-4,13H2. The first-order valence-corrected chi connectivity index (χ1v) is 4.73. The van der Waals surface area contributed by atoms with Crippen molar-refractivity contribution in [3.63, 3.8) is 0 Å². The Morgan fingerprint density at radius 1 is 1.46 bits per heavy atom. The van der Waals surface area contributed by atoms with Crippen LogP contribution in [0.1, 0.15) is 18.2 Å². The number of hydrogen-bond donors (Lipinski definition) is 1. The minimum Gasteiger partial charge on any atom is -0.330 e. The monoisotopic (exact) mass is 249 g/mol.